The van der Waals surface area contributed by atoms with E-state index in [-0.39, 0.29) is 20.7 Å². The second kappa shape index (κ2) is 2.09. The molecule has 0 fully saturated rings. The van der Waals surface area contributed by atoms with Crippen molar-refractivity contribution < 1.29 is 0 Å². The van der Waals surface area contributed by atoms with E-state index in [9.17, 15) is 0 Å². The van der Waals surface area contributed by atoms with Crippen molar-refractivity contribution >= 4 is 29.6 Å². The Hall–Kier alpha value is -0.390. The van der Waals surface area contributed by atoms with Gasteiger partial charge in [0.1, 0.15) is 0 Å². The summed E-state index contributed by atoms with van der Waals surface area (Å²) in [4.78, 5) is 0. The zero-order valence-corrected chi connectivity index (χ0v) is 6.94. The summed E-state index contributed by atoms with van der Waals surface area (Å²) in [6.45, 7) is 0. The van der Waals surface area contributed by atoms with Crippen LogP contribution in [0.4, 0.5) is 0 Å². The van der Waals surface area contributed by atoms with Gasteiger partial charge in [-0.25, -0.2) is 0 Å². The zero-order chi connectivity index (χ0) is 6.10. The Bertz CT molecular complexity index is 285. The molecule has 3 heteroatoms. The molecule has 2 nitrogen and oxygen atoms in total. The molecular formula is C6H4N2Te. The van der Waals surface area contributed by atoms with E-state index in [1.807, 2.05) is 18.2 Å². The Labute approximate surface area is 62.5 Å². The van der Waals surface area contributed by atoms with Gasteiger partial charge in [0.25, 0.3) is 0 Å². The predicted molar refractivity (Wildman–Crippen MR) is 36.5 cm³/mol. The van der Waals surface area contributed by atoms with E-state index in [2.05, 4.69) is 14.5 Å². The molecule has 2 aromatic rings. The van der Waals surface area contributed by atoms with Crippen LogP contribution in [0, 0.1) is 0 Å². The van der Waals surface area contributed by atoms with E-state index in [0.717, 1.165) is 5.52 Å². The molecule has 0 saturated carbocycles. The predicted octanol–water partition coefficient (Wildman–Crippen LogP) is 0.687. The van der Waals surface area contributed by atoms with Gasteiger partial charge in [-0.1, -0.05) is 0 Å². The van der Waals surface area contributed by atoms with E-state index >= 15 is 0 Å². The number of hydrogen-bond acceptors (Lipinski definition) is 2. The standard InChI is InChI=1S/C6H4N2Te/c1-2-4-6-5(3-1)7-8-9-6/h1-4H. The van der Waals surface area contributed by atoms with Crippen LogP contribution in [0.5, 0.6) is 0 Å². The van der Waals surface area contributed by atoms with E-state index < -0.39 is 0 Å². The van der Waals surface area contributed by atoms with E-state index in [1.165, 1.54) is 3.40 Å². The second-order valence-electron chi connectivity index (χ2n) is 1.74. The van der Waals surface area contributed by atoms with Crippen LogP contribution in [-0.2, 0) is 0 Å². The summed E-state index contributed by atoms with van der Waals surface area (Å²) < 4.78 is 5.37. The minimum atomic E-state index is -0.279. The molecule has 0 saturated heterocycles. The first kappa shape index (κ1) is 5.40. The van der Waals surface area contributed by atoms with Crippen LogP contribution in [0.3, 0.4) is 0 Å². The van der Waals surface area contributed by atoms with Gasteiger partial charge in [-0.05, 0) is 0 Å². The van der Waals surface area contributed by atoms with Crippen molar-refractivity contribution in [1.82, 2.24) is 8.42 Å². The molecule has 0 aliphatic rings. The van der Waals surface area contributed by atoms with Crippen LogP contribution in [-0.4, -0.2) is 29.1 Å². The topological polar surface area (TPSA) is 25.8 Å². The van der Waals surface area contributed by atoms with Gasteiger partial charge >= 0.3 is 62.3 Å². The molecule has 1 aromatic heterocycles. The first-order valence-corrected chi connectivity index (χ1v) is 4.85. The van der Waals surface area contributed by atoms with Gasteiger partial charge in [0.2, 0.25) is 0 Å². The summed E-state index contributed by atoms with van der Waals surface area (Å²) >= 11 is -0.279. The van der Waals surface area contributed by atoms with Crippen LogP contribution in [0.2, 0.25) is 0 Å². The molecule has 1 heterocycles. The first-order chi connectivity index (χ1) is 4.47. The van der Waals surface area contributed by atoms with Gasteiger partial charge in [0.05, 0.1) is 0 Å². The molecule has 0 unspecified atom stereocenters. The summed E-state index contributed by atoms with van der Waals surface area (Å²) in [7, 11) is 0. The molecular weight excluding hydrogens is 228 g/mol. The fourth-order valence-electron chi connectivity index (χ4n) is 0.725. The number of benzene rings is 1. The van der Waals surface area contributed by atoms with Gasteiger partial charge in [-0.15, -0.1) is 0 Å². The van der Waals surface area contributed by atoms with Crippen LogP contribution in [0.1, 0.15) is 0 Å². The fraction of sp³-hybridized carbons (Fsp3) is 0. The summed E-state index contributed by atoms with van der Waals surface area (Å²) in [5.41, 5.74) is 1.08. The van der Waals surface area contributed by atoms with Crippen molar-refractivity contribution in [2.45, 2.75) is 0 Å². The third-order valence-corrected chi connectivity index (χ3v) is 3.17. The molecule has 0 radical (unpaired) electrons. The van der Waals surface area contributed by atoms with Crippen LogP contribution < -0.4 is 0 Å². The molecule has 1 aromatic carbocycles. The monoisotopic (exact) mass is 234 g/mol. The van der Waals surface area contributed by atoms with Gasteiger partial charge in [0.15, 0.2) is 0 Å². The fourth-order valence-corrected chi connectivity index (χ4v) is 2.32. The Morgan fingerprint density at radius 3 is 3.00 bits per heavy atom. The molecule has 0 amide bonds. The van der Waals surface area contributed by atoms with Crippen LogP contribution >= 0.6 is 0 Å². The number of aromatic nitrogens is 2. The normalized spacial score (nSPS) is 10.2. The molecule has 0 spiro atoms. The van der Waals surface area contributed by atoms with E-state index in [1.54, 1.807) is 0 Å². The summed E-state index contributed by atoms with van der Waals surface area (Å²) in [5, 5.41) is 3.98. The Kier molecular flexibility index (Phi) is 1.25. The van der Waals surface area contributed by atoms with Crippen LogP contribution in [0.25, 0.3) is 8.92 Å². The maximum atomic E-state index is 4.01. The van der Waals surface area contributed by atoms with E-state index in [4.69, 9.17) is 0 Å². The Morgan fingerprint density at radius 2 is 2.11 bits per heavy atom. The van der Waals surface area contributed by atoms with Gasteiger partial charge in [-0.2, -0.15) is 0 Å². The number of rotatable bonds is 0. The van der Waals surface area contributed by atoms with Crippen molar-refractivity contribution in [1.29, 1.82) is 0 Å². The Morgan fingerprint density at radius 1 is 1.22 bits per heavy atom. The van der Waals surface area contributed by atoms with Gasteiger partial charge in [-0.3, -0.25) is 0 Å². The summed E-state index contributed by atoms with van der Waals surface area (Å²) in [6, 6.07) is 8.16. The second-order valence-corrected chi connectivity index (χ2v) is 3.98. The molecule has 2 rings (SSSR count). The first-order valence-electron chi connectivity index (χ1n) is 2.64. The molecule has 0 atom stereocenters. The third-order valence-electron chi connectivity index (χ3n) is 1.15. The third kappa shape index (κ3) is 0.868. The Balaban J connectivity index is 2.95. The molecule has 0 aliphatic heterocycles. The van der Waals surface area contributed by atoms with Crippen molar-refractivity contribution in [3.8, 4) is 0 Å². The van der Waals surface area contributed by atoms with Gasteiger partial charge < -0.3 is 0 Å². The molecule has 44 valence electrons. The zero-order valence-electron chi connectivity index (χ0n) is 4.61. The maximum absolute atomic E-state index is 4.01. The van der Waals surface area contributed by atoms with Crippen LogP contribution in [0.15, 0.2) is 24.3 Å². The number of hydrogen-bond donors (Lipinski definition) is 0. The quantitative estimate of drug-likeness (QED) is 0.624. The molecule has 0 aliphatic carbocycles. The summed E-state index contributed by atoms with van der Waals surface area (Å²) in [6.07, 6.45) is 0. The SMILES string of the molecule is c1ccc2[te]nnc2c1. The van der Waals surface area contributed by atoms with Crippen molar-refractivity contribution in [3.63, 3.8) is 0 Å². The molecule has 0 bridgehead atoms. The van der Waals surface area contributed by atoms with Crippen molar-refractivity contribution in [3.05, 3.63) is 24.3 Å². The number of nitrogens with zero attached hydrogens (tertiary/aromatic N) is 2. The number of fused-ring (bicyclic) bond motifs is 1. The van der Waals surface area contributed by atoms with Crippen molar-refractivity contribution in [2.75, 3.05) is 0 Å². The molecule has 9 heavy (non-hydrogen) atoms. The summed E-state index contributed by atoms with van der Waals surface area (Å²) in [5.74, 6) is 0. The average Bonchev–Trinajstić information content (AvgIpc) is 2.33. The average molecular weight is 232 g/mol. The minimum absolute atomic E-state index is 0.279. The van der Waals surface area contributed by atoms with Gasteiger partial charge in [0, 0.05) is 0 Å². The van der Waals surface area contributed by atoms with E-state index in [0.29, 0.717) is 0 Å². The van der Waals surface area contributed by atoms with Crippen molar-refractivity contribution in [2.24, 2.45) is 0 Å². The molecule has 0 N–H and O–H groups in total.